The van der Waals surface area contributed by atoms with Crippen LogP contribution in [0.3, 0.4) is 0 Å². The fourth-order valence-corrected chi connectivity index (χ4v) is 1.48. The first-order valence-corrected chi connectivity index (χ1v) is 5.15. The molecule has 1 saturated carbocycles. The van der Waals surface area contributed by atoms with E-state index in [4.69, 9.17) is 0 Å². The van der Waals surface area contributed by atoms with E-state index >= 15 is 0 Å². The Hall–Kier alpha value is -0.870. The molecule has 0 spiro atoms. The Balaban J connectivity index is 1.75. The van der Waals surface area contributed by atoms with Gasteiger partial charge in [-0.3, -0.25) is 0 Å². The summed E-state index contributed by atoms with van der Waals surface area (Å²) in [5, 5.41) is 13.0. The zero-order valence-corrected chi connectivity index (χ0v) is 8.48. The second-order valence-electron chi connectivity index (χ2n) is 3.96. The van der Waals surface area contributed by atoms with Crippen LogP contribution in [-0.2, 0) is 6.54 Å². The van der Waals surface area contributed by atoms with Crippen LogP contribution < -0.4 is 5.32 Å². The second-order valence-corrected chi connectivity index (χ2v) is 3.96. The molecule has 1 aromatic rings. The molecule has 0 saturated heterocycles. The van der Waals surface area contributed by atoms with Gasteiger partial charge < -0.3 is 15.0 Å². The van der Waals surface area contributed by atoms with Gasteiger partial charge in [0.05, 0.1) is 12.6 Å². The number of aliphatic hydroxyl groups is 1. The van der Waals surface area contributed by atoms with E-state index < -0.39 is 0 Å². The smallest absolute Gasteiger partial charge is 0.105 e. The highest BCUT2D eigenvalue weighted by Crippen LogP contribution is 2.18. The zero-order valence-electron chi connectivity index (χ0n) is 8.48. The first-order valence-electron chi connectivity index (χ1n) is 5.15. The van der Waals surface area contributed by atoms with Gasteiger partial charge in [0.15, 0.2) is 0 Å². The van der Waals surface area contributed by atoms with Crippen molar-refractivity contribution >= 4 is 0 Å². The molecule has 1 atom stereocenters. The van der Waals surface area contributed by atoms with Crippen LogP contribution in [-0.4, -0.2) is 33.3 Å². The van der Waals surface area contributed by atoms with Crippen molar-refractivity contribution < 1.29 is 5.11 Å². The van der Waals surface area contributed by atoms with E-state index in [1.807, 2.05) is 17.7 Å². The molecule has 2 N–H and O–H groups in total. The highest BCUT2D eigenvalue weighted by atomic mass is 16.3. The summed E-state index contributed by atoms with van der Waals surface area (Å²) in [6.07, 6.45) is 5.86. The number of aromatic nitrogens is 2. The summed E-state index contributed by atoms with van der Waals surface area (Å²) in [6.45, 7) is 3.26. The third-order valence-corrected chi connectivity index (χ3v) is 2.55. The van der Waals surface area contributed by atoms with Gasteiger partial charge in [-0.2, -0.15) is 0 Å². The highest BCUT2D eigenvalue weighted by molar-refractivity contribution is 4.89. The third-order valence-electron chi connectivity index (χ3n) is 2.55. The predicted octanol–water partition coefficient (Wildman–Crippen LogP) is 0.304. The first-order chi connectivity index (χ1) is 6.75. The summed E-state index contributed by atoms with van der Waals surface area (Å²) in [5.41, 5.74) is 0. The number of rotatable bonds is 5. The molecule has 1 fully saturated rings. The minimum atomic E-state index is -0.316. The molecule has 1 aromatic heterocycles. The summed E-state index contributed by atoms with van der Waals surface area (Å²) in [4.78, 5) is 4.11. The lowest BCUT2D eigenvalue weighted by Crippen LogP contribution is -2.31. The van der Waals surface area contributed by atoms with Gasteiger partial charge in [-0.25, -0.2) is 4.98 Å². The normalized spacial score (nSPS) is 18.4. The van der Waals surface area contributed by atoms with Crippen molar-refractivity contribution in [1.82, 2.24) is 14.9 Å². The van der Waals surface area contributed by atoms with E-state index in [0.29, 0.717) is 19.1 Å². The van der Waals surface area contributed by atoms with Crippen molar-refractivity contribution in [3.8, 4) is 0 Å². The maximum Gasteiger partial charge on any atom is 0.105 e. The Kier molecular flexibility index (Phi) is 2.84. The molecule has 2 rings (SSSR count). The molecule has 78 valence electrons. The van der Waals surface area contributed by atoms with Crippen LogP contribution >= 0.6 is 0 Å². The molecule has 0 aliphatic heterocycles. The van der Waals surface area contributed by atoms with Gasteiger partial charge >= 0.3 is 0 Å². The quantitative estimate of drug-likeness (QED) is 0.710. The van der Waals surface area contributed by atoms with E-state index in [2.05, 4.69) is 10.3 Å². The molecule has 14 heavy (non-hydrogen) atoms. The van der Waals surface area contributed by atoms with E-state index in [0.717, 1.165) is 5.82 Å². The van der Waals surface area contributed by atoms with Crippen molar-refractivity contribution in [3.05, 3.63) is 18.2 Å². The van der Waals surface area contributed by atoms with Crippen molar-refractivity contribution in [1.29, 1.82) is 0 Å². The minimum Gasteiger partial charge on any atom is -0.390 e. The number of aryl methyl sites for hydroxylation is 1. The molecule has 4 heteroatoms. The van der Waals surface area contributed by atoms with E-state index in [-0.39, 0.29) is 6.10 Å². The molecule has 1 aliphatic carbocycles. The third kappa shape index (κ3) is 2.56. The van der Waals surface area contributed by atoms with Crippen LogP contribution in [0.2, 0.25) is 0 Å². The maximum atomic E-state index is 9.71. The summed E-state index contributed by atoms with van der Waals surface area (Å²) in [6, 6.07) is 0.661. The molecule has 1 heterocycles. The van der Waals surface area contributed by atoms with E-state index in [1.54, 1.807) is 6.20 Å². The molecule has 0 bridgehead atoms. The van der Waals surface area contributed by atoms with E-state index in [9.17, 15) is 5.11 Å². The van der Waals surface area contributed by atoms with Crippen molar-refractivity contribution in [3.63, 3.8) is 0 Å². The van der Waals surface area contributed by atoms with Crippen molar-refractivity contribution in [2.24, 2.45) is 0 Å². The number of imidazole rings is 1. The zero-order chi connectivity index (χ0) is 9.97. The van der Waals surface area contributed by atoms with Gasteiger partial charge in [0.1, 0.15) is 5.82 Å². The van der Waals surface area contributed by atoms with Gasteiger partial charge in [-0.15, -0.1) is 0 Å². The number of hydrogen-bond donors (Lipinski definition) is 2. The van der Waals surface area contributed by atoms with Crippen LogP contribution in [0, 0.1) is 6.92 Å². The van der Waals surface area contributed by atoms with Crippen LogP contribution in [0.15, 0.2) is 12.4 Å². The van der Waals surface area contributed by atoms with Gasteiger partial charge in [0.2, 0.25) is 0 Å². The average molecular weight is 195 g/mol. The lowest BCUT2D eigenvalue weighted by molar-refractivity contribution is 0.150. The number of hydrogen-bond acceptors (Lipinski definition) is 3. The summed E-state index contributed by atoms with van der Waals surface area (Å²) in [7, 11) is 0. The van der Waals surface area contributed by atoms with Crippen LogP contribution in [0.25, 0.3) is 0 Å². The monoisotopic (exact) mass is 195 g/mol. The lowest BCUT2D eigenvalue weighted by atomic mass is 10.3. The van der Waals surface area contributed by atoms with Crippen molar-refractivity contribution in [2.75, 3.05) is 6.54 Å². The van der Waals surface area contributed by atoms with Gasteiger partial charge in [0, 0.05) is 25.0 Å². The van der Waals surface area contributed by atoms with Crippen LogP contribution in [0.4, 0.5) is 0 Å². The molecular formula is C10H17N3O. The molecule has 0 radical (unpaired) electrons. The molecule has 0 amide bonds. The van der Waals surface area contributed by atoms with Crippen LogP contribution in [0.1, 0.15) is 18.7 Å². The Morgan fingerprint density at radius 3 is 3.07 bits per heavy atom. The van der Waals surface area contributed by atoms with Gasteiger partial charge in [0.25, 0.3) is 0 Å². The Morgan fingerprint density at radius 2 is 2.50 bits per heavy atom. The SMILES string of the molecule is Cc1nccn1CC(O)CNC1CC1. The Bertz CT molecular complexity index is 293. The first kappa shape index (κ1) is 9.68. The lowest BCUT2D eigenvalue weighted by Gasteiger charge is -2.12. The topological polar surface area (TPSA) is 50.1 Å². The predicted molar refractivity (Wildman–Crippen MR) is 54.0 cm³/mol. The molecule has 4 nitrogen and oxygen atoms in total. The number of aliphatic hydroxyl groups excluding tert-OH is 1. The molecular weight excluding hydrogens is 178 g/mol. The van der Waals surface area contributed by atoms with E-state index in [1.165, 1.54) is 12.8 Å². The van der Waals surface area contributed by atoms with Gasteiger partial charge in [-0.1, -0.05) is 0 Å². The van der Waals surface area contributed by atoms with Gasteiger partial charge in [-0.05, 0) is 19.8 Å². The standard InChI is InChI=1S/C10H17N3O/c1-8-11-4-5-13(8)7-10(14)6-12-9-2-3-9/h4-5,9-10,12,14H,2-3,6-7H2,1H3. The highest BCUT2D eigenvalue weighted by Gasteiger charge is 2.21. The van der Waals surface area contributed by atoms with Crippen molar-refractivity contribution in [2.45, 2.75) is 38.5 Å². The Morgan fingerprint density at radius 1 is 1.71 bits per heavy atom. The minimum absolute atomic E-state index is 0.316. The molecule has 0 aromatic carbocycles. The summed E-state index contributed by atoms with van der Waals surface area (Å²) < 4.78 is 1.97. The number of nitrogens with one attached hydrogen (secondary N) is 1. The molecule has 1 unspecified atom stereocenters. The summed E-state index contributed by atoms with van der Waals surface area (Å²) in [5.74, 6) is 0.954. The fourth-order valence-electron chi connectivity index (χ4n) is 1.48. The Labute approximate surface area is 84.0 Å². The van der Waals surface area contributed by atoms with Crippen LogP contribution in [0.5, 0.6) is 0 Å². The fraction of sp³-hybridized carbons (Fsp3) is 0.700. The summed E-state index contributed by atoms with van der Waals surface area (Å²) >= 11 is 0. The number of nitrogens with zero attached hydrogens (tertiary/aromatic N) is 2. The average Bonchev–Trinajstić information content (AvgIpc) is 2.90. The second kappa shape index (κ2) is 4.11. The largest absolute Gasteiger partial charge is 0.390 e. The molecule has 1 aliphatic rings. The maximum absolute atomic E-state index is 9.71.